The highest BCUT2D eigenvalue weighted by Crippen LogP contribution is 2.57. The summed E-state index contributed by atoms with van der Waals surface area (Å²) >= 11 is 3.36. The van der Waals surface area contributed by atoms with E-state index in [9.17, 15) is 5.11 Å². The number of halogens is 2. The van der Waals surface area contributed by atoms with Crippen molar-refractivity contribution < 1.29 is 31.3 Å². The number of fused-ring (bicyclic) bond motifs is 3. The van der Waals surface area contributed by atoms with Gasteiger partial charge in [-0.25, -0.2) is 0 Å². The molecule has 5 heterocycles. The van der Waals surface area contributed by atoms with Gasteiger partial charge in [0.25, 0.3) is 0 Å². The fraction of sp³-hybridized carbons (Fsp3) is 0.562. The highest BCUT2D eigenvalue weighted by molar-refractivity contribution is 8.93. The van der Waals surface area contributed by atoms with E-state index in [1.807, 2.05) is 30.3 Å². The number of hydrogen-bond acceptors (Lipinski definition) is 4. The van der Waals surface area contributed by atoms with Crippen LogP contribution in [0.4, 0.5) is 0 Å². The zero-order valence-electron chi connectivity index (χ0n) is 23.7. The number of quaternary nitrogens is 1. The molecule has 3 saturated heterocycles. The molecule has 0 aliphatic carbocycles. The van der Waals surface area contributed by atoms with Gasteiger partial charge in [-0.15, -0.1) is 17.0 Å². The number of ether oxygens (including phenoxy) is 1. The van der Waals surface area contributed by atoms with E-state index in [4.69, 9.17) is 4.74 Å². The first-order valence-electron chi connectivity index (χ1n) is 14.4. The normalized spacial score (nSPS) is 21.7. The number of hydrogen-bond donors (Lipinski definition) is 1. The summed E-state index contributed by atoms with van der Waals surface area (Å²) in [5, 5.41) is 20.7. The van der Waals surface area contributed by atoms with Gasteiger partial charge in [-0.3, -0.25) is 0 Å². The van der Waals surface area contributed by atoms with Crippen LogP contribution in [0.15, 0.2) is 64.0 Å². The summed E-state index contributed by atoms with van der Waals surface area (Å²) in [6, 6.07) is 14.4. The summed E-state index contributed by atoms with van der Waals surface area (Å²) < 4.78 is 7.14. The molecule has 0 atom stereocenters. The van der Waals surface area contributed by atoms with Crippen LogP contribution < -0.4 is 21.7 Å². The van der Waals surface area contributed by atoms with Crippen molar-refractivity contribution in [2.75, 3.05) is 32.8 Å². The molecule has 3 nitrogen and oxygen atoms in total. The smallest absolute Gasteiger partial charge is 0.137 e. The lowest BCUT2D eigenvalue weighted by Gasteiger charge is -2.59. The molecule has 3 aliphatic rings. The second-order valence-corrected chi connectivity index (χ2v) is 12.6. The van der Waals surface area contributed by atoms with E-state index in [1.165, 1.54) is 38.5 Å². The lowest BCUT2D eigenvalue weighted by atomic mass is 9.57. The quantitative estimate of drug-likeness (QED) is 0.184. The van der Waals surface area contributed by atoms with Crippen LogP contribution in [0.5, 0.6) is 5.75 Å². The lowest BCUT2D eigenvalue weighted by Crippen LogP contribution is -3.00. The van der Waals surface area contributed by atoms with E-state index >= 15 is 0 Å². The van der Waals surface area contributed by atoms with E-state index in [0.717, 1.165) is 73.4 Å². The molecular formula is C32H47Br2NO2S2. The maximum absolute atomic E-state index is 12.2. The zero-order valence-corrected chi connectivity index (χ0v) is 28.6. The fourth-order valence-corrected chi connectivity index (χ4v) is 7.79. The van der Waals surface area contributed by atoms with E-state index in [-0.39, 0.29) is 39.4 Å². The van der Waals surface area contributed by atoms with Crippen molar-refractivity contribution in [1.29, 1.82) is 0 Å². The molecule has 1 aromatic carbocycles. The third kappa shape index (κ3) is 8.20. The van der Waals surface area contributed by atoms with Gasteiger partial charge >= 0.3 is 0 Å². The molecule has 0 amide bonds. The van der Waals surface area contributed by atoms with Crippen LogP contribution in [-0.4, -0.2) is 42.4 Å². The molecule has 2 bridgehead atoms. The van der Waals surface area contributed by atoms with Gasteiger partial charge < -0.3 is 31.3 Å². The van der Waals surface area contributed by atoms with E-state index < -0.39 is 5.60 Å². The number of nitrogens with zero attached hydrogens (tertiary/aromatic N) is 1. The van der Waals surface area contributed by atoms with Crippen molar-refractivity contribution in [1.82, 2.24) is 0 Å². The monoisotopic (exact) mass is 699 g/mol. The average Bonchev–Trinajstić information content (AvgIpc) is 3.69. The van der Waals surface area contributed by atoms with Gasteiger partial charge in [-0.2, -0.15) is 22.7 Å². The minimum absolute atomic E-state index is 0. The van der Waals surface area contributed by atoms with Crippen LogP contribution >= 0.6 is 39.7 Å². The van der Waals surface area contributed by atoms with Gasteiger partial charge in [0.05, 0.1) is 19.6 Å². The van der Waals surface area contributed by atoms with E-state index in [0.29, 0.717) is 0 Å². The maximum atomic E-state index is 12.2. The third-order valence-corrected chi connectivity index (χ3v) is 10.2. The highest BCUT2D eigenvalue weighted by Gasteiger charge is 2.60. The average molecular weight is 702 g/mol. The molecular weight excluding hydrogens is 654 g/mol. The lowest BCUT2D eigenvalue weighted by molar-refractivity contribution is -0.946. The molecule has 218 valence electrons. The van der Waals surface area contributed by atoms with Crippen molar-refractivity contribution in [2.45, 2.75) is 77.2 Å². The topological polar surface area (TPSA) is 29.5 Å². The van der Waals surface area contributed by atoms with Gasteiger partial charge in [0.15, 0.2) is 0 Å². The van der Waals surface area contributed by atoms with Gasteiger partial charge in [-0.05, 0) is 56.9 Å². The van der Waals surface area contributed by atoms with E-state index in [2.05, 4.69) is 47.5 Å². The molecule has 2 aromatic heterocycles. The Hall–Kier alpha value is -0.700. The second-order valence-electron chi connectivity index (χ2n) is 11.1. The molecule has 3 aliphatic heterocycles. The van der Waals surface area contributed by atoms with E-state index in [1.54, 1.807) is 22.7 Å². The Morgan fingerprint density at radius 1 is 0.821 bits per heavy atom. The van der Waals surface area contributed by atoms with Crippen molar-refractivity contribution in [3.8, 4) is 5.75 Å². The molecule has 0 spiro atoms. The zero-order chi connectivity index (χ0) is 26.0. The third-order valence-electron chi connectivity index (χ3n) is 8.87. The van der Waals surface area contributed by atoms with Crippen molar-refractivity contribution in [3.05, 3.63) is 75.1 Å². The Morgan fingerprint density at radius 3 is 1.77 bits per heavy atom. The largest absolute Gasteiger partial charge is 1.00 e. The number of piperidine rings is 3. The first-order chi connectivity index (χ1) is 18.1. The van der Waals surface area contributed by atoms with Gasteiger partial charge in [-0.1, -0.05) is 70.6 Å². The molecule has 3 fully saturated rings. The first-order valence-corrected chi connectivity index (χ1v) is 16.3. The summed E-state index contributed by atoms with van der Waals surface area (Å²) in [4.78, 5) is 0. The molecule has 39 heavy (non-hydrogen) atoms. The van der Waals surface area contributed by atoms with Crippen LogP contribution in [0.1, 0.15) is 82.8 Å². The highest BCUT2D eigenvalue weighted by atomic mass is 79.9. The molecule has 3 aromatic rings. The Morgan fingerprint density at radius 2 is 1.33 bits per heavy atom. The molecule has 0 unspecified atom stereocenters. The second kappa shape index (κ2) is 16.7. The Bertz CT molecular complexity index is 963. The summed E-state index contributed by atoms with van der Waals surface area (Å²) in [5.41, 5.74) is 1.23. The molecule has 0 saturated carbocycles. The van der Waals surface area contributed by atoms with Gasteiger partial charge in [0, 0.05) is 24.7 Å². The number of aliphatic hydroxyl groups is 1. The van der Waals surface area contributed by atoms with Crippen LogP contribution in [0.2, 0.25) is 0 Å². The number of unbranched alkanes of at least 4 members (excludes halogenated alkanes) is 5. The van der Waals surface area contributed by atoms with Crippen LogP contribution in [0, 0.1) is 5.41 Å². The predicted octanol–water partition coefficient (Wildman–Crippen LogP) is 6.07. The molecule has 6 rings (SSSR count). The summed E-state index contributed by atoms with van der Waals surface area (Å²) in [6.07, 6.45) is 11.7. The number of rotatable bonds is 12. The summed E-state index contributed by atoms with van der Waals surface area (Å²) in [6.45, 7) is 9.73. The molecule has 7 heteroatoms. The number of thiophene rings is 2. The Labute approximate surface area is 265 Å². The Balaban J connectivity index is 0.000000470. The van der Waals surface area contributed by atoms with Crippen molar-refractivity contribution >= 4 is 39.7 Å². The summed E-state index contributed by atoms with van der Waals surface area (Å²) in [5.74, 6) is 0.957. The fourth-order valence-electron chi connectivity index (χ4n) is 6.39. The number of benzene rings is 1. The van der Waals surface area contributed by atoms with Gasteiger partial charge in [0.1, 0.15) is 24.5 Å². The SMILES string of the molecule is Br.CCCCCCCC.OC(c1ccsc1)(c1ccsc1)C12CC[N+](CCOc3ccccc3)(CC1)CC2.[Br-]. The molecule has 1 N–H and O–H groups in total. The Kier molecular flexibility index (Phi) is 14.7. The standard InChI is InChI=1S/C24H28NO2S2.C8H18.2BrH/c26-24(20-6-16-28-18-20,21-7-17-29-19-21)23-8-11-25(12-9-23,13-10-23)14-15-27-22-4-2-1-3-5-22;1-3-5-7-8-6-4-2;;/h1-7,16-19,26H,8-15H2;3-8H2,1-2H3;2*1H/q+1;;;/p-1. The minimum atomic E-state index is -0.871. The van der Waals surface area contributed by atoms with Crippen LogP contribution in [0.25, 0.3) is 0 Å². The maximum Gasteiger partial charge on any atom is 0.137 e. The number of para-hydroxylation sites is 1. The van der Waals surface area contributed by atoms with Crippen LogP contribution in [-0.2, 0) is 5.60 Å². The van der Waals surface area contributed by atoms with Crippen LogP contribution in [0.3, 0.4) is 0 Å². The van der Waals surface area contributed by atoms with Crippen molar-refractivity contribution in [2.24, 2.45) is 5.41 Å². The van der Waals surface area contributed by atoms with Gasteiger partial charge in [0.2, 0.25) is 0 Å². The first kappa shape index (κ1) is 34.5. The minimum Gasteiger partial charge on any atom is -1.00 e. The summed E-state index contributed by atoms with van der Waals surface area (Å²) in [7, 11) is 0. The van der Waals surface area contributed by atoms with Crippen molar-refractivity contribution in [3.63, 3.8) is 0 Å². The predicted molar refractivity (Wildman–Crippen MR) is 169 cm³/mol. The molecule has 0 radical (unpaired) electrons.